The van der Waals surface area contributed by atoms with Gasteiger partial charge >= 0.3 is 0 Å². The number of rotatable bonds is 6. The van der Waals surface area contributed by atoms with Crippen LogP contribution in [0.25, 0.3) is 10.9 Å². The van der Waals surface area contributed by atoms with Crippen LogP contribution < -0.4 is 5.32 Å². The Labute approximate surface area is 172 Å². The predicted molar refractivity (Wildman–Crippen MR) is 110 cm³/mol. The van der Waals surface area contributed by atoms with E-state index in [-0.39, 0.29) is 22.2 Å². The van der Waals surface area contributed by atoms with Gasteiger partial charge in [0, 0.05) is 36.0 Å². The average molecular weight is 423 g/mol. The predicted octanol–water partition coefficient (Wildman–Crippen LogP) is 3.32. The van der Waals surface area contributed by atoms with Gasteiger partial charge in [0.15, 0.2) is 0 Å². The van der Waals surface area contributed by atoms with Gasteiger partial charge in [0.05, 0.1) is 9.79 Å². The van der Waals surface area contributed by atoms with Crippen LogP contribution in [-0.2, 0) is 27.7 Å². The molecule has 30 heavy (non-hydrogen) atoms. The zero-order chi connectivity index (χ0) is 21.1. The van der Waals surface area contributed by atoms with Gasteiger partial charge in [0.25, 0.3) is 0 Å². The third-order valence-electron chi connectivity index (χ3n) is 4.69. The lowest BCUT2D eigenvalue weighted by Crippen LogP contribution is -2.26. The van der Waals surface area contributed by atoms with Gasteiger partial charge in [-0.15, -0.1) is 0 Å². The highest BCUT2D eigenvalue weighted by Gasteiger charge is 2.24. The molecular weight excluding hydrogens is 405 g/mol. The van der Waals surface area contributed by atoms with E-state index in [1.807, 2.05) is 6.07 Å². The van der Waals surface area contributed by atoms with Crippen molar-refractivity contribution in [3.63, 3.8) is 0 Å². The van der Waals surface area contributed by atoms with Gasteiger partial charge in [-0.2, -0.15) is 0 Å². The number of benzene rings is 2. The van der Waals surface area contributed by atoms with Crippen LogP contribution in [0.3, 0.4) is 0 Å². The minimum atomic E-state index is -3.88. The summed E-state index contributed by atoms with van der Waals surface area (Å²) >= 11 is 0. The molecule has 2 aromatic heterocycles. The largest absolute Gasteiger partial charge is 0.350 e. The van der Waals surface area contributed by atoms with Crippen molar-refractivity contribution in [2.75, 3.05) is 0 Å². The molecule has 2 heterocycles. The van der Waals surface area contributed by atoms with Crippen LogP contribution in [0.2, 0.25) is 0 Å². The normalized spacial score (nSPS) is 11.5. The Balaban J connectivity index is 1.64. The highest BCUT2D eigenvalue weighted by Crippen LogP contribution is 2.30. The van der Waals surface area contributed by atoms with E-state index in [1.54, 1.807) is 47.3 Å². The molecule has 0 fully saturated rings. The number of halogens is 1. The number of pyridine rings is 1. The van der Waals surface area contributed by atoms with Crippen molar-refractivity contribution in [1.29, 1.82) is 0 Å². The molecule has 152 valence electrons. The van der Waals surface area contributed by atoms with E-state index in [2.05, 4.69) is 10.3 Å². The maximum absolute atomic E-state index is 13.2. The van der Waals surface area contributed by atoms with E-state index >= 15 is 0 Å². The van der Waals surface area contributed by atoms with Crippen molar-refractivity contribution in [3.05, 3.63) is 90.6 Å². The van der Waals surface area contributed by atoms with Gasteiger partial charge in [0.2, 0.25) is 15.7 Å². The average Bonchev–Trinajstić information content (AvgIpc) is 3.13. The first kappa shape index (κ1) is 19.8. The van der Waals surface area contributed by atoms with Gasteiger partial charge < -0.3 is 9.88 Å². The summed E-state index contributed by atoms with van der Waals surface area (Å²) in [6.07, 6.45) is 4.77. The number of sulfone groups is 1. The van der Waals surface area contributed by atoms with Crippen LogP contribution in [0.1, 0.15) is 5.56 Å². The van der Waals surface area contributed by atoms with Crippen molar-refractivity contribution in [3.8, 4) is 0 Å². The van der Waals surface area contributed by atoms with Gasteiger partial charge in [0.1, 0.15) is 12.4 Å². The van der Waals surface area contributed by atoms with Crippen LogP contribution >= 0.6 is 0 Å². The van der Waals surface area contributed by atoms with E-state index in [1.165, 1.54) is 18.3 Å². The number of carbonyl (C=O) groups excluding carboxylic acids is 1. The minimum Gasteiger partial charge on any atom is -0.350 e. The second-order valence-electron chi connectivity index (χ2n) is 6.73. The molecular formula is C22H18FN3O3S. The number of hydrogen-bond donors (Lipinski definition) is 1. The first-order valence-corrected chi connectivity index (χ1v) is 10.7. The third kappa shape index (κ3) is 3.95. The van der Waals surface area contributed by atoms with Crippen LogP contribution in [0.5, 0.6) is 0 Å². The summed E-state index contributed by atoms with van der Waals surface area (Å²) in [6, 6.07) is 15.3. The summed E-state index contributed by atoms with van der Waals surface area (Å²) in [5.41, 5.74) is 1.48. The highest BCUT2D eigenvalue weighted by atomic mass is 32.2. The van der Waals surface area contributed by atoms with E-state index in [0.29, 0.717) is 17.4 Å². The standard InChI is InChI=1S/C22H18FN3O3S/c23-17-7-9-18(10-8-17)30(28,29)21-14-26(20-6-2-1-5-19(20)21)15-22(27)25-13-16-4-3-11-24-12-16/h1-12,14H,13,15H2,(H,25,27). The maximum atomic E-state index is 13.2. The van der Waals surface area contributed by atoms with E-state index in [4.69, 9.17) is 0 Å². The van der Waals surface area contributed by atoms with Crippen LogP contribution in [-0.4, -0.2) is 23.9 Å². The smallest absolute Gasteiger partial charge is 0.240 e. The second kappa shape index (κ2) is 8.08. The molecule has 4 aromatic rings. The van der Waals surface area contributed by atoms with Crippen molar-refractivity contribution < 1.29 is 17.6 Å². The maximum Gasteiger partial charge on any atom is 0.240 e. The molecule has 0 aliphatic carbocycles. The number of para-hydroxylation sites is 1. The molecule has 4 rings (SSSR count). The van der Waals surface area contributed by atoms with Crippen molar-refractivity contribution in [2.45, 2.75) is 22.9 Å². The first-order chi connectivity index (χ1) is 14.4. The molecule has 0 radical (unpaired) electrons. The number of nitrogens with zero attached hydrogens (tertiary/aromatic N) is 2. The number of hydrogen-bond acceptors (Lipinski definition) is 4. The van der Waals surface area contributed by atoms with Crippen molar-refractivity contribution >= 4 is 26.6 Å². The van der Waals surface area contributed by atoms with Gasteiger partial charge in [-0.05, 0) is 42.0 Å². The fourth-order valence-electron chi connectivity index (χ4n) is 3.21. The first-order valence-electron chi connectivity index (χ1n) is 9.19. The lowest BCUT2D eigenvalue weighted by molar-refractivity contribution is -0.121. The van der Waals surface area contributed by atoms with Gasteiger partial charge in [-0.25, -0.2) is 12.8 Å². The van der Waals surface area contributed by atoms with Gasteiger partial charge in [-0.3, -0.25) is 9.78 Å². The van der Waals surface area contributed by atoms with E-state index in [9.17, 15) is 17.6 Å². The Morgan fingerprint density at radius 1 is 1.03 bits per heavy atom. The monoisotopic (exact) mass is 423 g/mol. The zero-order valence-electron chi connectivity index (χ0n) is 15.8. The van der Waals surface area contributed by atoms with Crippen LogP contribution in [0, 0.1) is 5.82 Å². The molecule has 0 bridgehead atoms. The van der Waals surface area contributed by atoms with Crippen molar-refractivity contribution in [2.24, 2.45) is 0 Å². The molecule has 0 saturated heterocycles. The molecule has 0 atom stereocenters. The molecule has 8 heteroatoms. The molecule has 6 nitrogen and oxygen atoms in total. The number of aromatic nitrogens is 2. The van der Waals surface area contributed by atoms with Crippen LogP contribution in [0.15, 0.2) is 89.0 Å². The second-order valence-corrected chi connectivity index (χ2v) is 8.65. The van der Waals surface area contributed by atoms with E-state index < -0.39 is 15.7 Å². The molecule has 0 saturated carbocycles. The molecule has 2 aromatic carbocycles. The summed E-state index contributed by atoms with van der Waals surface area (Å²) in [6.45, 7) is 0.284. The quantitative estimate of drug-likeness (QED) is 0.483. The topological polar surface area (TPSA) is 81.1 Å². The fraction of sp³-hybridized carbons (Fsp3) is 0.0909. The number of amides is 1. The lowest BCUT2D eigenvalue weighted by Gasteiger charge is -2.07. The summed E-state index contributed by atoms with van der Waals surface area (Å²) in [5.74, 6) is -0.771. The lowest BCUT2D eigenvalue weighted by atomic mass is 10.2. The number of nitrogens with one attached hydrogen (secondary N) is 1. The van der Waals surface area contributed by atoms with Crippen molar-refractivity contribution in [1.82, 2.24) is 14.9 Å². The Bertz CT molecular complexity index is 1300. The number of fused-ring (bicyclic) bond motifs is 1. The highest BCUT2D eigenvalue weighted by molar-refractivity contribution is 7.91. The molecule has 0 unspecified atom stereocenters. The third-order valence-corrected chi connectivity index (χ3v) is 6.49. The molecule has 0 aliphatic heterocycles. The fourth-order valence-corrected chi connectivity index (χ4v) is 4.69. The molecule has 1 amide bonds. The Morgan fingerprint density at radius 3 is 2.53 bits per heavy atom. The van der Waals surface area contributed by atoms with E-state index in [0.717, 1.165) is 17.7 Å². The van der Waals surface area contributed by atoms with Crippen LogP contribution in [0.4, 0.5) is 4.39 Å². The van der Waals surface area contributed by atoms with Gasteiger partial charge in [-0.1, -0.05) is 24.3 Å². The Kier molecular flexibility index (Phi) is 5.33. The Hall–Kier alpha value is -3.52. The molecule has 0 aliphatic rings. The zero-order valence-corrected chi connectivity index (χ0v) is 16.6. The molecule has 1 N–H and O–H groups in total. The minimum absolute atomic E-state index is 0.00664. The Morgan fingerprint density at radius 2 is 1.80 bits per heavy atom. The molecule has 0 spiro atoms. The summed E-state index contributed by atoms with van der Waals surface area (Å²) in [5, 5.41) is 3.31. The summed E-state index contributed by atoms with van der Waals surface area (Å²) < 4.78 is 41.1. The summed E-state index contributed by atoms with van der Waals surface area (Å²) in [7, 11) is -3.88. The SMILES string of the molecule is O=C(Cn1cc(S(=O)(=O)c2ccc(F)cc2)c2ccccc21)NCc1cccnc1. The summed E-state index contributed by atoms with van der Waals surface area (Å²) in [4.78, 5) is 16.5. The number of carbonyl (C=O) groups is 1.